The number of benzene rings is 1. The summed E-state index contributed by atoms with van der Waals surface area (Å²) in [6, 6.07) is 4.03. The molecule has 0 spiro atoms. The van der Waals surface area contributed by atoms with Crippen molar-refractivity contribution in [3.05, 3.63) is 35.1 Å². The summed E-state index contributed by atoms with van der Waals surface area (Å²) in [5.74, 6) is 4.27. The predicted octanol–water partition coefficient (Wildman–Crippen LogP) is 2.16. The Morgan fingerprint density at radius 1 is 1.32 bits per heavy atom. The van der Waals surface area contributed by atoms with Gasteiger partial charge in [0.25, 0.3) is 0 Å². The summed E-state index contributed by atoms with van der Waals surface area (Å²) in [5.41, 5.74) is 0.537. The Hall–Kier alpha value is -1.58. The van der Waals surface area contributed by atoms with Gasteiger partial charge in [-0.2, -0.15) is 13.2 Å². The Labute approximate surface area is 108 Å². The normalized spacial score (nSPS) is 11.3. The third kappa shape index (κ3) is 5.73. The fourth-order valence-electron chi connectivity index (χ4n) is 1.55. The number of hydrogen-bond acceptors (Lipinski definition) is 2. The van der Waals surface area contributed by atoms with Gasteiger partial charge in [-0.3, -0.25) is 4.90 Å². The molecule has 19 heavy (non-hydrogen) atoms. The molecule has 0 aliphatic heterocycles. The van der Waals surface area contributed by atoms with Crippen molar-refractivity contribution >= 4 is 0 Å². The largest absolute Gasteiger partial charge is 0.401 e. The lowest BCUT2D eigenvalue weighted by atomic mass is 10.1. The second kappa shape index (κ2) is 6.55. The molecule has 0 saturated heterocycles. The zero-order chi connectivity index (χ0) is 14.5. The van der Waals surface area contributed by atoms with E-state index < -0.39 is 18.5 Å². The fourth-order valence-corrected chi connectivity index (χ4v) is 1.55. The van der Waals surface area contributed by atoms with Gasteiger partial charge in [0, 0.05) is 17.7 Å². The lowest BCUT2D eigenvalue weighted by molar-refractivity contribution is -0.144. The number of nitrogens with zero attached hydrogens (tertiary/aromatic N) is 1. The summed E-state index contributed by atoms with van der Waals surface area (Å²) in [5, 5.41) is 8.50. The van der Waals surface area contributed by atoms with Gasteiger partial charge in [0.05, 0.1) is 6.54 Å². The average Bonchev–Trinajstić information content (AvgIpc) is 2.27. The van der Waals surface area contributed by atoms with Crippen LogP contribution in [0, 0.1) is 17.7 Å². The maximum atomic E-state index is 13.6. The van der Waals surface area contributed by atoms with E-state index >= 15 is 0 Å². The van der Waals surface area contributed by atoms with E-state index in [-0.39, 0.29) is 18.7 Å². The Morgan fingerprint density at radius 2 is 2.00 bits per heavy atom. The molecule has 0 heterocycles. The minimum Gasteiger partial charge on any atom is -0.384 e. The van der Waals surface area contributed by atoms with E-state index in [0.29, 0.717) is 5.56 Å². The fraction of sp³-hybridized carbons (Fsp3) is 0.385. The van der Waals surface area contributed by atoms with Gasteiger partial charge in [0.15, 0.2) is 0 Å². The van der Waals surface area contributed by atoms with Crippen molar-refractivity contribution in [3.8, 4) is 11.8 Å². The van der Waals surface area contributed by atoms with Crippen molar-refractivity contribution in [3.63, 3.8) is 0 Å². The predicted molar refractivity (Wildman–Crippen MR) is 62.8 cm³/mol. The zero-order valence-electron chi connectivity index (χ0n) is 10.3. The van der Waals surface area contributed by atoms with Gasteiger partial charge in [0.1, 0.15) is 12.4 Å². The standard InChI is InChI=1S/C13H13F4NO/c1-18(9-13(15,16)17)8-11-5-4-10(3-2-6-19)7-12(11)14/h4-5,7,19H,6,8-9H2,1H3. The molecule has 6 heteroatoms. The number of rotatable bonds is 3. The van der Waals surface area contributed by atoms with Crippen LogP contribution in [0.15, 0.2) is 18.2 Å². The van der Waals surface area contributed by atoms with Crippen molar-refractivity contribution in [1.29, 1.82) is 0 Å². The van der Waals surface area contributed by atoms with Crippen molar-refractivity contribution in [2.75, 3.05) is 20.2 Å². The van der Waals surface area contributed by atoms with Crippen LogP contribution in [-0.4, -0.2) is 36.4 Å². The molecule has 0 amide bonds. The molecular weight excluding hydrogens is 262 g/mol. The Morgan fingerprint density at radius 3 is 2.53 bits per heavy atom. The first-order valence-electron chi connectivity index (χ1n) is 5.45. The van der Waals surface area contributed by atoms with Crippen LogP contribution in [0.2, 0.25) is 0 Å². The van der Waals surface area contributed by atoms with Crippen LogP contribution in [0.25, 0.3) is 0 Å². The van der Waals surface area contributed by atoms with E-state index in [2.05, 4.69) is 11.8 Å². The highest BCUT2D eigenvalue weighted by molar-refractivity contribution is 5.37. The summed E-state index contributed by atoms with van der Waals surface area (Å²) < 4.78 is 50.0. The van der Waals surface area contributed by atoms with E-state index in [1.165, 1.54) is 19.2 Å². The lowest BCUT2D eigenvalue weighted by Gasteiger charge is -2.18. The molecule has 2 nitrogen and oxygen atoms in total. The summed E-state index contributed by atoms with van der Waals surface area (Å²) in [7, 11) is 1.27. The van der Waals surface area contributed by atoms with Crippen LogP contribution in [0.1, 0.15) is 11.1 Å². The van der Waals surface area contributed by atoms with Crippen LogP contribution in [0.3, 0.4) is 0 Å². The molecule has 0 aliphatic rings. The first-order chi connectivity index (χ1) is 8.81. The van der Waals surface area contributed by atoms with Crippen LogP contribution in [0.4, 0.5) is 17.6 Å². The molecule has 0 unspecified atom stereocenters. The quantitative estimate of drug-likeness (QED) is 0.675. The first kappa shape index (κ1) is 15.5. The summed E-state index contributed by atoms with van der Waals surface area (Å²) in [6.45, 7) is -1.57. The minimum absolute atomic E-state index is 0.140. The van der Waals surface area contributed by atoms with E-state index in [4.69, 9.17) is 5.11 Å². The maximum Gasteiger partial charge on any atom is 0.401 e. The van der Waals surface area contributed by atoms with Crippen LogP contribution in [0.5, 0.6) is 0 Å². The molecule has 0 saturated carbocycles. The summed E-state index contributed by atoms with van der Waals surface area (Å²) >= 11 is 0. The highest BCUT2D eigenvalue weighted by Gasteiger charge is 2.29. The molecule has 0 atom stereocenters. The van der Waals surface area contributed by atoms with Gasteiger partial charge in [-0.05, 0) is 19.2 Å². The Bertz CT molecular complexity index is 488. The molecule has 0 fully saturated rings. The number of aliphatic hydroxyl groups excluding tert-OH is 1. The molecule has 1 rings (SSSR count). The molecule has 1 aromatic carbocycles. The molecule has 1 aromatic rings. The molecular formula is C13H13F4NO. The first-order valence-corrected chi connectivity index (χ1v) is 5.45. The smallest absolute Gasteiger partial charge is 0.384 e. The summed E-state index contributed by atoms with van der Waals surface area (Å²) in [4.78, 5) is 0.984. The third-order valence-electron chi connectivity index (χ3n) is 2.25. The highest BCUT2D eigenvalue weighted by atomic mass is 19.4. The van der Waals surface area contributed by atoms with Crippen molar-refractivity contribution in [2.45, 2.75) is 12.7 Å². The van der Waals surface area contributed by atoms with Crippen LogP contribution in [-0.2, 0) is 6.54 Å². The molecule has 1 N–H and O–H groups in total. The van der Waals surface area contributed by atoms with Crippen molar-refractivity contribution in [1.82, 2.24) is 4.90 Å². The van der Waals surface area contributed by atoms with Gasteiger partial charge in [-0.1, -0.05) is 17.9 Å². The molecule has 0 radical (unpaired) electrons. The monoisotopic (exact) mass is 275 g/mol. The summed E-state index contributed by atoms with van der Waals surface area (Å²) in [6.07, 6.45) is -4.31. The topological polar surface area (TPSA) is 23.5 Å². The third-order valence-corrected chi connectivity index (χ3v) is 2.25. The maximum absolute atomic E-state index is 13.6. The van der Waals surface area contributed by atoms with E-state index in [1.807, 2.05) is 0 Å². The number of halogens is 4. The highest BCUT2D eigenvalue weighted by Crippen LogP contribution is 2.18. The minimum atomic E-state index is -4.31. The SMILES string of the molecule is CN(Cc1ccc(C#CCO)cc1F)CC(F)(F)F. The number of aliphatic hydroxyl groups is 1. The molecule has 104 valence electrons. The second-order valence-corrected chi connectivity index (χ2v) is 4.05. The Kier molecular flexibility index (Phi) is 5.33. The van der Waals surface area contributed by atoms with Crippen molar-refractivity contribution < 1.29 is 22.7 Å². The van der Waals surface area contributed by atoms with Gasteiger partial charge in [0.2, 0.25) is 0 Å². The lowest BCUT2D eigenvalue weighted by Crippen LogP contribution is -2.30. The zero-order valence-corrected chi connectivity index (χ0v) is 10.3. The molecule has 0 aromatic heterocycles. The van der Waals surface area contributed by atoms with Gasteiger partial charge in [-0.25, -0.2) is 4.39 Å². The second-order valence-electron chi connectivity index (χ2n) is 4.05. The van der Waals surface area contributed by atoms with E-state index in [1.54, 1.807) is 0 Å². The number of alkyl halides is 3. The van der Waals surface area contributed by atoms with E-state index in [0.717, 1.165) is 11.0 Å². The average molecular weight is 275 g/mol. The van der Waals surface area contributed by atoms with Crippen LogP contribution >= 0.6 is 0 Å². The molecule has 0 bridgehead atoms. The van der Waals surface area contributed by atoms with Crippen LogP contribution < -0.4 is 0 Å². The Balaban J connectivity index is 2.75. The van der Waals surface area contributed by atoms with Crippen molar-refractivity contribution in [2.24, 2.45) is 0 Å². The molecule has 0 aliphatic carbocycles. The van der Waals surface area contributed by atoms with Gasteiger partial charge in [-0.15, -0.1) is 0 Å². The van der Waals surface area contributed by atoms with E-state index in [9.17, 15) is 17.6 Å². The number of hydrogen-bond donors (Lipinski definition) is 1. The van der Waals surface area contributed by atoms with Gasteiger partial charge < -0.3 is 5.11 Å². The van der Waals surface area contributed by atoms with Gasteiger partial charge >= 0.3 is 6.18 Å².